The summed E-state index contributed by atoms with van der Waals surface area (Å²) in [5.41, 5.74) is 1.81. The Morgan fingerprint density at radius 3 is 2.73 bits per heavy atom. The first-order valence-corrected chi connectivity index (χ1v) is 8.37. The van der Waals surface area contributed by atoms with Gasteiger partial charge in [-0.05, 0) is 31.2 Å². The van der Waals surface area contributed by atoms with Gasteiger partial charge in [-0.15, -0.1) is 0 Å². The summed E-state index contributed by atoms with van der Waals surface area (Å²) in [5, 5.41) is 2.81. The third-order valence-corrected chi connectivity index (χ3v) is 3.69. The number of hydrogen-bond acceptors (Lipinski definition) is 4. The Labute approximate surface area is 152 Å². The monoisotopic (exact) mass is 351 g/mol. The van der Waals surface area contributed by atoms with Gasteiger partial charge in [0.15, 0.2) is 6.61 Å². The Kier molecular flexibility index (Phi) is 5.88. The number of benzene rings is 2. The number of ether oxygens (including phenoxy) is 2. The van der Waals surface area contributed by atoms with Crippen LogP contribution in [0.15, 0.2) is 67.3 Å². The molecule has 1 heterocycles. The highest BCUT2D eigenvalue weighted by molar-refractivity contribution is 5.92. The number of carbonyl (C=O) groups is 1. The minimum Gasteiger partial charge on any atom is -0.492 e. The van der Waals surface area contributed by atoms with E-state index in [1.165, 1.54) is 0 Å². The molecular weight excluding hydrogens is 330 g/mol. The maximum atomic E-state index is 12.0. The van der Waals surface area contributed by atoms with Crippen molar-refractivity contribution in [3.8, 4) is 11.5 Å². The number of aromatic nitrogens is 2. The minimum absolute atomic E-state index is 0.0469. The van der Waals surface area contributed by atoms with Crippen LogP contribution in [0.3, 0.4) is 0 Å². The highest BCUT2D eigenvalue weighted by atomic mass is 16.5. The zero-order valence-electron chi connectivity index (χ0n) is 14.6. The summed E-state index contributed by atoms with van der Waals surface area (Å²) in [4.78, 5) is 16.0. The molecule has 0 radical (unpaired) electrons. The zero-order chi connectivity index (χ0) is 18.2. The van der Waals surface area contributed by atoms with Crippen LogP contribution in [-0.4, -0.2) is 28.7 Å². The van der Waals surface area contributed by atoms with Crippen LogP contribution in [0.1, 0.15) is 5.56 Å². The first-order chi connectivity index (χ1) is 12.7. The van der Waals surface area contributed by atoms with Crippen molar-refractivity contribution >= 4 is 11.6 Å². The molecule has 0 aliphatic heterocycles. The quantitative estimate of drug-likeness (QED) is 0.676. The van der Waals surface area contributed by atoms with Gasteiger partial charge in [0.1, 0.15) is 18.1 Å². The van der Waals surface area contributed by atoms with E-state index in [0.29, 0.717) is 30.3 Å². The second-order valence-corrected chi connectivity index (χ2v) is 5.83. The van der Waals surface area contributed by atoms with Gasteiger partial charge >= 0.3 is 0 Å². The molecule has 0 atom stereocenters. The van der Waals surface area contributed by atoms with Crippen molar-refractivity contribution < 1.29 is 14.3 Å². The average Bonchev–Trinajstić information content (AvgIpc) is 3.15. The fourth-order valence-corrected chi connectivity index (χ4v) is 2.33. The molecule has 0 unspecified atom stereocenters. The van der Waals surface area contributed by atoms with Crippen molar-refractivity contribution in [1.29, 1.82) is 0 Å². The Hall–Kier alpha value is -3.28. The summed E-state index contributed by atoms with van der Waals surface area (Å²) >= 11 is 0. The average molecular weight is 351 g/mol. The second-order valence-electron chi connectivity index (χ2n) is 5.83. The fourth-order valence-electron chi connectivity index (χ4n) is 2.33. The smallest absolute Gasteiger partial charge is 0.262 e. The van der Waals surface area contributed by atoms with Crippen molar-refractivity contribution in [1.82, 2.24) is 9.55 Å². The van der Waals surface area contributed by atoms with Gasteiger partial charge in [0.25, 0.3) is 5.91 Å². The minimum atomic E-state index is -0.221. The van der Waals surface area contributed by atoms with Crippen LogP contribution in [0.25, 0.3) is 0 Å². The van der Waals surface area contributed by atoms with Crippen LogP contribution in [0, 0.1) is 6.92 Å². The lowest BCUT2D eigenvalue weighted by atomic mass is 10.2. The van der Waals surface area contributed by atoms with Crippen LogP contribution in [0.5, 0.6) is 11.5 Å². The van der Waals surface area contributed by atoms with E-state index in [-0.39, 0.29) is 12.5 Å². The summed E-state index contributed by atoms with van der Waals surface area (Å²) in [7, 11) is 0. The maximum Gasteiger partial charge on any atom is 0.262 e. The van der Waals surface area contributed by atoms with Crippen molar-refractivity contribution in [2.75, 3.05) is 18.5 Å². The number of aryl methyl sites for hydroxylation is 1. The first-order valence-electron chi connectivity index (χ1n) is 8.37. The summed E-state index contributed by atoms with van der Waals surface area (Å²) in [6.07, 6.45) is 5.36. The number of nitrogens with one attached hydrogen (secondary N) is 1. The molecule has 0 aliphatic carbocycles. The van der Waals surface area contributed by atoms with Crippen molar-refractivity contribution in [2.24, 2.45) is 0 Å². The SMILES string of the molecule is Cc1ccc(OCC(=O)Nc2cccc(OCCn3ccnc3)c2)cc1. The molecule has 0 saturated heterocycles. The molecule has 0 fully saturated rings. The number of rotatable bonds is 8. The van der Waals surface area contributed by atoms with Crippen LogP contribution in [0.4, 0.5) is 5.69 Å². The van der Waals surface area contributed by atoms with Crippen LogP contribution in [-0.2, 0) is 11.3 Å². The zero-order valence-corrected chi connectivity index (χ0v) is 14.6. The van der Waals surface area contributed by atoms with E-state index in [9.17, 15) is 4.79 Å². The van der Waals surface area contributed by atoms with Gasteiger partial charge in [-0.25, -0.2) is 4.98 Å². The van der Waals surface area contributed by atoms with Gasteiger partial charge < -0.3 is 19.4 Å². The Balaban J connectivity index is 1.46. The molecule has 1 aromatic heterocycles. The Bertz CT molecular complexity index is 830. The summed E-state index contributed by atoms with van der Waals surface area (Å²) in [5.74, 6) is 1.14. The summed E-state index contributed by atoms with van der Waals surface area (Å²) < 4.78 is 13.1. The van der Waals surface area contributed by atoms with Gasteiger partial charge in [0, 0.05) is 24.1 Å². The lowest BCUT2D eigenvalue weighted by Crippen LogP contribution is -2.20. The third kappa shape index (κ3) is 5.37. The second kappa shape index (κ2) is 8.71. The summed E-state index contributed by atoms with van der Waals surface area (Å²) in [6.45, 7) is 3.18. The molecule has 0 saturated carbocycles. The molecule has 3 aromatic rings. The predicted molar refractivity (Wildman–Crippen MR) is 99.5 cm³/mol. The van der Waals surface area contributed by atoms with Gasteiger partial charge in [0.2, 0.25) is 0 Å². The summed E-state index contributed by atoms with van der Waals surface area (Å²) in [6, 6.07) is 14.9. The molecule has 134 valence electrons. The molecule has 6 heteroatoms. The van der Waals surface area contributed by atoms with E-state index in [1.54, 1.807) is 18.6 Å². The molecule has 26 heavy (non-hydrogen) atoms. The van der Waals surface area contributed by atoms with Crippen molar-refractivity contribution in [2.45, 2.75) is 13.5 Å². The predicted octanol–water partition coefficient (Wildman–Crippen LogP) is 3.29. The van der Waals surface area contributed by atoms with Crippen LogP contribution < -0.4 is 14.8 Å². The van der Waals surface area contributed by atoms with Gasteiger partial charge in [-0.1, -0.05) is 23.8 Å². The largest absolute Gasteiger partial charge is 0.492 e. The number of carbonyl (C=O) groups excluding carboxylic acids is 1. The molecule has 0 spiro atoms. The van der Waals surface area contributed by atoms with Crippen LogP contribution >= 0.6 is 0 Å². The maximum absolute atomic E-state index is 12.0. The standard InChI is InChI=1S/C20H21N3O3/c1-16-5-7-18(8-6-16)26-14-20(24)22-17-3-2-4-19(13-17)25-12-11-23-10-9-21-15-23/h2-10,13,15H,11-12,14H2,1H3,(H,22,24). The molecule has 1 amide bonds. The number of nitrogens with zero attached hydrogens (tertiary/aromatic N) is 2. The van der Waals surface area contributed by atoms with E-state index in [4.69, 9.17) is 9.47 Å². The molecule has 3 rings (SSSR count). The molecular formula is C20H21N3O3. The molecule has 0 aliphatic rings. The highest BCUT2D eigenvalue weighted by Crippen LogP contribution is 2.17. The number of amides is 1. The molecule has 1 N–H and O–H groups in total. The highest BCUT2D eigenvalue weighted by Gasteiger charge is 2.05. The fraction of sp³-hybridized carbons (Fsp3) is 0.200. The lowest BCUT2D eigenvalue weighted by Gasteiger charge is -2.10. The van der Waals surface area contributed by atoms with E-state index < -0.39 is 0 Å². The Morgan fingerprint density at radius 2 is 1.96 bits per heavy atom. The molecule has 2 aromatic carbocycles. The van der Waals surface area contributed by atoms with Crippen molar-refractivity contribution in [3.63, 3.8) is 0 Å². The van der Waals surface area contributed by atoms with Crippen LogP contribution in [0.2, 0.25) is 0 Å². The first kappa shape index (κ1) is 17.5. The van der Waals surface area contributed by atoms with Gasteiger partial charge in [-0.2, -0.15) is 0 Å². The topological polar surface area (TPSA) is 65.4 Å². The van der Waals surface area contributed by atoms with E-state index in [2.05, 4.69) is 10.3 Å². The molecule has 0 bridgehead atoms. The number of anilines is 1. The third-order valence-electron chi connectivity index (χ3n) is 3.69. The van der Waals surface area contributed by atoms with Gasteiger partial charge in [0.05, 0.1) is 12.9 Å². The molecule has 6 nitrogen and oxygen atoms in total. The van der Waals surface area contributed by atoms with E-state index >= 15 is 0 Å². The number of imidazole rings is 1. The van der Waals surface area contributed by atoms with Gasteiger partial charge in [-0.3, -0.25) is 4.79 Å². The normalized spacial score (nSPS) is 10.3. The van der Waals surface area contributed by atoms with E-state index in [1.807, 2.05) is 60.2 Å². The number of hydrogen-bond donors (Lipinski definition) is 1. The Morgan fingerprint density at radius 1 is 1.12 bits per heavy atom. The van der Waals surface area contributed by atoms with Crippen molar-refractivity contribution in [3.05, 3.63) is 72.8 Å². The van der Waals surface area contributed by atoms with E-state index in [0.717, 1.165) is 5.56 Å². The lowest BCUT2D eigenvalue weighted by molar-refractivity contribution is -0.118.